The molecule has 0 aromatic heterocycles. The van der Waals surface area contributed by atoms with E-state index in [4.69, 9.17) is 16.3 Å². The Morgan fingerprint density at radius 3 is 2.32 bits per heavy atom. The van der Waals surface area contributed by atoms with E-state index in [9.17, 15) is 8.42 Å². The van der Waals surface area contributed by atoms with Gasteiger partial charge in [0.2, 0.25) is 10.0 Å². The lowest BCUT2D eigenvalue weighted by Crippen LogP contribution is -2.44. The minimum absolute atomic E-state index is 0.117. The van der Waals surface area contributed by atoms with Crippen molar-refractivity contribution < 1.29 is 13.2 Å². The van der Waals surface area contributed by atoms with Crippen LogP contribution in [0.1, 0.15) is 24.0 Å². The first-order valence-electron chi connectivity index (χ1n) is 8.35. The highest BCUT2D eigenvalue weighted by atomic mass is 35.5. The third-order valence-corrected chi connectivity index (χ3v) is 6.41. The maximum absolute atomic E-state index is 12.6. The average molecular weight is 380 g/mol. The van der Waals surface area contributed by atoms with E-state index in [1.807, 2.05) is 18.2 Å². The number of hydrogen-bond donors (Lipinski definition) is 1. The molecule has 1 fully saturated rings. The molecule has 0 radical (unpaired) electrons. The molecular weight excluding hydrogens is 358 g/mol. The molecule has 1 heterocycles. The fourth-order valence-corrected chi connectivity index (χ4v) is 4.78. The zero-order valence-electron chi connectivity index (χ0n) is 13.9. The quantitative estimate of drug-likeness (QED) is 0.835. The van der Waals surface area contributed by atoms with Crippen molar-refractivity contribution in [3.8, 4) is 0 Å². The maximum atomic E-state index is 12.6. The molecule has 2 aromatic carbocycles. The van der Waals surface area contributed by atoms with Gasteiger partial charge in [-0.2, -0.15) is 0 Å². The first-order valence-corrected chi connectivity index (χ1v) is 10.4. The molecule has 3 rings (SSSR count). The van der Waals surface area contributed by atoms with E-state index in [1.54, 1.807) is 24.3 Å². The largest absolute Gasteiger partial charge is 0.381 e. The molecule has 134 valence electrons. The summed E-state index contributed by atoms with van der Waals surface area (Å²) < 4.78 is 33.4. The van der Waals surface area contributed by atoms with Crippen LogP contribution in [-0.2, 0) is 25.9 Å². The molecule has 6 heteroatoms. The highest BCUT2D eigenvalue weighted by molar-refractivity contribution is 7.88. The van der Waals surface area contributed by atoms with Crippen molar-refractivity contribution >= 4 is 21.6 Å². The highest BCUT2D eigenvalue weighted by Gasteiger charge is 2.35. The topological polar surface area (TPSA) is 55.4 Å². The van der Waals surface area contributed by atoms with Crippen molar-refractivity contribution in [2.24, 2.45) is 0 Å². The van der Waals surface area contributed by atoms with Crippen molar-refractivity contribution in [1.29, 1.82) is 0 Å². The van der Waals surface area contributed by atoms with Gasteiger partial charge in [0.05, 0.1) is 5.75 Å². The van der Waals surface area contributed by atoms with Gasteiger partial charge in [-0.15, -0.1) is 0 Å². The molecule has 0 amide bonds. The predicted molar refractivity (Wildman–Crippen MR) is 100 cm³/mol. The van der Waals surface area contributed by atoms with E-state index in [1.165, 1.54) is 0 Å². The van der Waals surface area contributed by atoms with Crippen LogP contribution in [0.3, 0.4) is 0 Å². The molecule has 0 saturated carbocycles. The lowest BCUT2D eigenvalue weighted by atomic mass is 9.74. The zero-order valence-corrected chi connectivity index (χ0v) is 15.5. The second kappa shape index (κ2) is 7.87. The van der Waals surface area contributed by atoms with Crippen LogP contribution in [0.5, 0.6) is 0 Å². The Labute approximate surface area is 154 Å². The highest BCUT2D eigenvalue weighted by Crippen LogP contribution is 2.34. The van der Waals surface area contributed by atoms with Gasteiger partial charge in [-0.1, -0.05) is 60.1 Å². The second-order valence-electron chi connectivity index (χ2n) is 6.43. The monoisotopic (exact) mass is 379 g/mol. The number of halogens is 1. The normalized spacial score (nSPS) is 17.3. The summed E-state index contributed by atoms with van der Waals surface area (Å²) in [6, 6.07) is 17.1. The van der Waals surface area contributed by atoms with Crippen molar-refractivity contribution in [1.82, 2.24) is 4.72 Å². The van der Waals surface area contributed by atoms with Crippen LogP contribution in [0.15, 0.2) is 54.6 Å². The zero-order chi connectivity index (χ0) is 17.8. The third-order valence-electron chi connectivity index (χ3n) is 4.77. The summed E-state index contributed by atoms with van der Waals surface area (Å²) in [5.74, 6) is -0.117. The fraction of sp³-hybridized carbons (Fsp3) is 0.368. The van der Waals surface area contributed by atoms with Crippen LogP contribution >= 0.6 is 11.6 Å². The summed E-state index contributed by atoms with van der Waals surface area (Å²) in [6.45, 7) is 1.65. The fourth-order valence-electron chi connectivity index (χ4n) is 3.24. The van der Waals surface area contributed by atoms with E-state index in [-0.39, 0.29) is 11.2 Å². The van der Waals surface area contributed by atoms with Gasteiger partial charge in [0.25, 0.3) is 0 Å². The summed E-state index contributed by atoms with van der Waals surface area (Å²) in [7, 11) is -3.48. The SMILES string of the molecule is O=S(=O)(Cc1ccccc1Cl)NCC1(c2ccccc2)CCOCC1. The number of hydrogen-bond acceptors (Lipinski definition) is 3. The summed E-state index contributed by atoms with van der Waals surface area (Å²) in [5.41, 5.74) is 1.53. The smallest absolute Gasteiger partial charge is 0.215 e. The van der Waals surface area contributed by atoms with Crippen molar-refractivity contribution in [3.05, 3.63) is 70.7 Å². The van der Waals surface area contributed by atoms with Crippen molar-refractivity contribution in [3.63, 3.8) is 0 Å². The molecule has 0 unspecified atom stereocenters. The molecular formula is C19H22ClNO3S. The Hall–Kier alpha value is -1.40. The van der Waals surface area contributed by atoms with E-state index in [0.717, 1.165) is 18.4 Å². The second-order valence-corrected chi connectivity index (χ2v) is 8.64. The van der Waals surface area contributed by atoms with Gasteiger partial charge in [0, 0.05) is 30.2 Å². The molecule has 1 aliphatic heterocycles. The number of benzene rings is 2. The van der Waals surface area contributed by atoms with Crippen LogP contribution < -0.4 is 4.72 Å². The summed E-state index contributed by atoms with van der Waals surface area (Å²) >= 11 is 6.09. The maximum Gasteiger partial charge on any atom is 0.215 e. The first-order chi connectivity index (χ1) is 12.0. The number of ether oxygens (including phenoxy) is 1. The lowest BCUT2D eigenvalue weighted by molar-refractivity contribution is 0.0517. The van der Waals surface area contributed by atoms with Crippen LogP contribution in [0.25, 0.3) is 0 Å². The Morgan fingerprint density at radius 2 is 1.64 bits per heavy atom. The molecule has 2 aromatic rings. The molecule has 1 saturated heterocycles. The molecule has 0 aliphatic carbocycles. The van der Waals surface area contributed by atoms with E-state index in [2.05, 4.69) is 16.9 Å². The van der Waals surface area contributed by atoms with Crippen LogP contribution in [0, 0.1) is 0 Å². The number of rotatable bonds is 6. The Balaban J connectivity index is 1.76. The van der Waals surface area contributed by atoms with Gasteiger partial charge < -0.3 is 4.74 Å². The summed E-state index contributed by atoms with van der Waals surface area (Å²) in [4.78, 5) is 0. The van der Waals surface area contributed by atoms with Gasteiger partial charge in [-0.05, 0) is 30.0 Å². The molecule has 25 heavy (non-hydrogen) atoms. The standard InChI is InChI=1S/C19H22ClNO3S/c20-18-9-5-4-6-16(18)14-25(22,23)21-15-19(10-12-24-13-11-19)17-7-2-1-3-8-17/h1-9,21H,10-15H2. The van der Waals surface area contributed by atoms with Gasteiger partial charge >= 0.3 is 0 Å². The molecule has 4 nitrogen and oxygen atoms in total. The molecule has 0 spiro atoms. The molecule has 1 N–H and O–H groups in total. The van der Waals surface area contributed by atoms with Crippen LogP contribution in [0.2, 0.25) is 5.02 Å². The first kappa shape index (κ1) is 18.4. The van der Waals surface area contributed by atoms with Gasteiger partial charge in [0.1, 0.15) is 0 Å². The number of nitrogens with one attached hydrogen (secondary N) is 1. The van der Waals surface area contributed by atoms with Gasteiger partial charge in [0.15, 0.2) is 0 Å². The van der Waals surface area contributed by atoms with Gasteiger partial charge in [-0.25, -0.2) is 13.1 Å². The van der Waals surface area contributed by atoms with Gasteiger partial charge in [-0.3, -0.25) is 0 Å². The third kappa shape index (κ3) is 4.61. The molecule has 0 bridgehead atoms. The van der Waals surface area contributed by atoms with Crippen LogP contribution in [-0.4, -0.2) is 28.2 Å². The van der Waals surface area contributed by atoms with Crippen molar-refractivity contribution in [2.45, 2.75) is 24.0 Å². The van der Waals surface area contributed by atoms with Crippen LogP contribution in [0.4, 0.5) is 0 Å². The minimum Gasteiger partial charge on any atom is -0.381 e. The lowest BCUT2D eigenvalue weighted by Gasteiger charge is -2.37. The summed E-state index contributed by atoms with van der Waals surface area (Å²) in [6.07, 6.45) is 1.59. The summed E-state index contributed by atoms with van der Waals surface area (Å²) in [5, 5.41) is 0.469. The van der Waals surface area contributed by atoms with Crippen molar-refractivity contribution in [2.75, 3.05) is 19.8 Å². The van der Waals surface area contributed by atoms with E-state index >= 15 is 0 Å². The average Bonchev–Trinajstić information content (AvgIpc) is 2.64. The predicted octanol–water partition coefficient (Wildman–Crippen LogP) is 3.51. The minimum atomic E-state index is -3.48. The Morgan fingerprint density at radius 1 is 1.00 bits per heavy atom. The molecule has 1 aliphatic rings. The molecule has 0 atom stereocenters. The van der Waals surface area contributed by atoms with E-state index < -0.39 is 10.0 Å². The number of sulfonamides is 1. The Kier molecular flexibility index (Phi) is 5.79. The Bertz CT molecular complexity index is 802. The van der Waals surface area contributed by atoms with E-state index in [0.29, 0.717) is 30.3 Å².